The van der Waals surface area contributed by atoms with Crippen molar-refractivity contribution in [1.29, 1.82) is 0 Å². The third kappa shape index (κ3) is 15.7. The van der Waals surface area contributed by atoms with Crippen LogP contribution in [0.15, 0.2) is 84.9 Å². The fraction of sp³-hybridized carbons (Fsp3) is 0.341. The highest BCUT2D eigenvalue weighted by Gasteiger charge is 2.30. The van der Waals surface area contributed by atoms with Gasteiger partial charge >= 0.3 is 12.4 Å². The van der Waals surface area contributed by atoms with Crippen LogP contribution in [0.1, 0.15) is 55.8 Å². The minimum absolute atomic E-state index is 0. The van der Waals surface area contributed by atoms with Gasteiger partial charge in [-0.1, -0.05) is 43.8 Å². The van der Waals surface area contributed by atoms with Crippen molar-refractivity contribution in [2.24, 2.45) is 11.7 Å². The van der Waals surface area contributed by atoms with Crippen LogP contribution in [0.25, 0.3) is 22.3 Å². The number of rotatable bonds is 14. The number of Topliss-reactive ketones (excluding diaryl/α,β-unsaturated/α-hetero) is 2. The first-order chi connectivity index (χ1) is 29.0. The topological polar surface area (TPSA) is 183 Å². The van der Waals surface area contributed by atoms with E-state index in [0.717, 1.165) is 21.4 Å². The van der Waals surface area contributed by atoms with Crippen LogP contribution in [0.3, 0.4) is 0 Å². The van der Waals surface area contributed by atoms with Crippen molar-refractivity contribution in [2.45, 2.75) is 73.3 Å². The summed E-state index contributed by atoms with van der Waals surface area (Å²) >= 11 is 0. The second-order valence-electron chi connectivity index (χ2n) is 13.9. The summed E-state index contributed by atoms with van der Waals surface area (Å²) in [5.41, 5.74) is 10.4. The number of alkyl halides is 6. The molecule has 0 aliphatic heterocycles. The molecule has 0 bridgehead atoms. The zero-order chi connectivity index (χ0) is 46.5. The molecule has 1 heterocycles. The second kappa shape index (κ2) is 23.0. The predicted molar refractivity (Wildman–Crippen MR) is 226 cm³/mol. The Kier molecular flexibility index (Phi) is 19.2. The average molecular weight is 890 g/mol. The fourth-order valence-corrected chi connectivity index (χ4v) is 6.26. The van der Waals surface area contributed by atoms with Gasteiger partial charge in [-0.15, -0.1) is 0 Å². The Labute approximate surface area is 360 Å². The quantitative estimate of drug-likeness (QED) is 0.0487. The summed E-state index contributed by atoms with van der Waals surface area (Å²) in [5, 5.41) is 26.1. The first-order valence-electron chi connectivity index (χ1n) is 18.7. The van der Waals surface area contributed by atoms with Gasteiger partial charge in [-0.2, -0.15) is 31.4 Å². The molecule has 5 aromatic rings. The number of nitro groups is 2. The molecule has 0 radical (unpaired) electrons. The summed E-state index contributed by atoms with van der Waals surface area (Å²) in [4.78, 5) is 44.5. The van der Waals surface area contributed by atoms with Crippen LogP contribution in [0.5, 0.6) is 11.5 Å². The van der Waals surface area contributed by atoms with Gasteiger partial charge in [0, 0.05) is 59.6 Å². The van der Waals surface area contributed by atoms with Crippen molar-refractivity contribution in [3.8, 4) is 33.8 Å². The molecule has 340 valence electrons. The number of benzene rings is 4. The molecule has 4 aromatic carbocycles. The summed E-state index contributed by atoms with van der Waals surface area (Å²) < 4.78 is 83.0. The van der Waals surface area contributed by atoms with Crippen LogP contribution in [0.4, 0.5) is 37.7 Å². The van der Waals surface area contributed by atoms with Crippen LogP contribution >= 0.6 is 0 Å². The summed E-state index contributed by atoms with van der Waals surface area (Å²) in [7, 11) is 3.02. The van der Waals surface area contributed by atoms with E-state index in [1.165, 1.54) is 52.3 Å². The minimum atomic E-state index is -4.35. The SMILES string of the molecule is C.COc1ccc(CC(C(C)=O)C(C)=O)cc1-c1cccc([N+](=O)[O-])c1.COc1ccc(Cc2c(C)nn(CC(F)(F)F)c2C)cc1-c1cccc([N+](=O)[O-])c1.NCCC(F)(F)F. The molecule has 1 aromatic heterocycles. The molecule has 0 unspecified atom stereocenters. The molecule has 0 fully saturated rings. The van der Waals surface area contributed by atoms with Crippen molar-refractivity contribution < 1.29 is 55.3 Å². The standard InChI is InChI=1S/C21H20F3N3O3.C19H19NO5.C3H6F3N.CH4/c1-13-18(14(2)26(25-13)12-21(22,23)24)9-15-7-8-20(30-3)19(10-15)16-5-4-6-17(11-16)27(28)29;1-12(21)17(13(2)22)9-14-7-8-19(25-3)18(10-14)15-5-4-6-16(11-15)20(23)24;4-3(5,6)1-2-7;/h4-8,10-11H,9,12H2,1-3H3;4-8,10-11,17H,9H2,1-3H3;1-2,7H2;1H4. The highest BCUT2D eigenvalue weighted by Crippen LogP contribution is 2.35. The fourth-order valence-electron chi connectivity index (χ4n) is 6.26. The average Bonchev–Trinajstić information content (AvgIpc) is 3.45. The molecule has 0 atom stereocenters. The smallest absolute Gasteiger partial charge is 0.408 e. The van der Waals surface area contributed by atoms with Crippen molar-refractivity contribution in [2.75, 3.05) is 20.8 Å². The van der Waals surface area contributed by atoms with Gasteiger partial charge in [-0.05, 0) is 80.6 Å². The number of hydrogen-bond donors (Lipinski definition) is 1. The molecule has 0 amide bonds. The Balaban J connectivity index is 0.000000376. The highest BCUT2D eigenvalue weighted by atomic mass is 19.4. The number of nitro benzene ring substituents is 2. The molecule has 5 rings (SSSR count). The normalized spacial score (nSPS) is 11.0. The summed E-state index contributed by atoms with van der Waals surface area (Å²) in [6.45, 7) is 4.64. The lowest BCUT2D eigenvalue weighted by atomic mass is 9.91. The van der Waals surface area contributed by atoms with Gasteiger partial charge in [-0.25, -0.2) is 0 Å². The Morgan fingerprint density at radius 2 is 1.21 bits per heavy atom. The molecular weight excluding hydrogens is 840 g/mol. The minimum Gasteiger partial charge on any atom is -0.496 e. The number of aromatic nitrogens is 2. The van der Waals surface area contributed by atoms with Gasteiger partial charge in [0.2, 0.25) is 0 Å². The van der Waals surface area contributed by atoms with Crippen LogP contribution < -0.4 is 15.2 Å². The van der Waals surface area contributed by atoms with Crippen molar-refractivity contribution in [3.63, 3.8) is 0 Å². The lowest BCUT2D eigenvalue weighted by Gasteiger charge is -2.14. The van der Waals surface area contributed by atoms with E-state index in [9.17, 15) is 56.2 Å². The summed E-state index contributed by atoms with van der Waals surface area (Å²) in [6, 6.07) is 23.2. The number of ether oxygens (including phenoxy) is 2. The molecule has 0 aliphatic carbocycles. The van der Waals surface area contributed by atoms with Gasteiger partial charge in [-0.3, -0.25) is 34.5 Å². The Hall–Kier alpha value is -6.63. The lowest BCUT2D eigenvalue weighted by molar-refractivity contribution is -0.385. The number of halogens is 6. The molecule has 0 spiro atoms. The molecule has 19 heteroatoms. The third-order valence-electron chi connectivity index (χ3n) is 9.35. The van der Waals surface area contributed by atoms with Gasteiger partial charge in [0.25, 0.3) is 11.4 Å². The van der Waals surface area contributed by atoms with Gasteiger partial charge < -0.3 is 15.2 Å². The van der Waals surface area contributed by atoms with Crippen LogP contribution in [0, 0.1) is 40.0 Å². The number of nitrogens with two attached hydrogens (primary N) is 1. The monoisotopic (exact) mass is 889 g/mol. The van der Waals surface area contributed by atoms with E-state index in [0.29, 0.717) is 51.6 Å². The predicted octanol–water partition coefficient (Wildman–Crippen LogP) is 10.4. The zero-order valence-corrected chi connectivity index (χ0v) is 34.6. The van der Waals surface area contributed by atoms with E-state index in [1.54, 1.807) is 62.4 Å². The van der Waals surface area contributed by atoms with Crippen molar-refractivity contribution in [3.05, 3.63) is 133 Å². The Morgan fingerprint density at radius 1 is 0.746 bits per heavy atom. The van der Waals surface area contributed by atoms with Gasteiger partial charge in [0.05, 0.1) is 42.1 Å². The molecule has 13 nitrogen and oxygen atoms in total. The number of carbonyl (C=O) groups is 2. The molecular formula is C44H49F6N5O8. The maximum absolute atomic E-state index is 12.8. The highest BCUT2D eigenvalue weighted by molar-refractivity contribution is 6.00. The van der Waals surface area contributed by atoms with Gasteiger partial charge in [0.15, 0.2) is 0 Å². The zero-order valence-electron chi connectivity index (χ0n) is 34.6. The van der Waals surface area contributed by atoms with Crippen molar-refractivity contribution in [1.82, 2.24) is 9.78 Å². The van der Waals surface area contributed by atoms with Gasteiger partial charge in [0.1, 0.15) is 29.6 Å². The van der Waals surface area contributed by atoms with Crippen LogP contribution in [-0.2, 0) is 29.0 Å². The molecule has 0 saturated heterocycles. The Bertz CT molecular complexity index is 2370. The number of carbonyl (C=O) groups excluding carboxylic acids is 2. The molecule has 0 aliphatic rings. The van der Waals surface area contributed by atoms with E-state index < -0.39 is 41.1 Å². The summed E-state index contributed by atoms with van der Waals surface area (Å²) in [6.07, 6.45) is -8.64. The largest absolute Gasteiger partial charge is 0.496 e. The lowest BCUT2D eigenvalue weighted by Crippen LogP contribution is -2.21. The number of non-ortho nitro benzene ring substituents is 2. The number of ketones is 2. The van der Waals surface area contributed by atoms with E-state index >= 15 is 0 Å². The first kappa shape index (κ1) is 52.5. The van der Waals surface area contributed by atoms with Crippen LogP contribution in [-0.4, -0.2) is 64.3 Å². The molecule has 2 N–H and O–H groups in total. The molecule has 63 heavy (non-hydrogen) atoms. The number of methoxy groups -OCH3 is 2. The van der Waals surface area contributed by atoms with E-state index in [4.69, 9.17) is 9.47 Å². The number of aryl methyl sites for hydroxylation is 1. The molecule has 0 saturated carbocycles. The maximum atomic E-state index is 12.8. The number of hydrogen-bond acceptors (Lipinski definition) is 10. The first-order valence-corrected chi connectivity index (χ1v) is 18.7. The van der Waals surface area contributed by atoms with E-state index in [-0.39, 0.29) is 43.3 Å². The summed E-state index contributed by atoms with van der Waals surface area (Å²) in [5.74, 6) is 0.0543. The second-order valence-corrected chi connectivity index (χ2v) is 13.9. The van der Waals surface area contributed by atoms with Crippen LogP contribution in [0.2, 0.25) is 0 Å². The van der Waals surface area contributed by atoms with Crippen molar-refractivity contribution >= 4 is 22.9 Å². The maximum Gasteiger partial charge on any atom is 0.408 e. The van der Waals surface area contributed by atoms with E-state index in [1.807, 2.05) is 12.1 Å². The van der Waals surface area contributed by atoms with E-state index in [2.05, 4.69) is 10.8 Å². The third-order valence-corrected chi connectivity index (χ3v) is 9.35. The Morgan fingerprint density at radius 3 is 1.59 bits per heavy atom. The number of nitrogens with zero attached hydrogens (tertiary/aromatic N) is 4.